The summed E-state index contributed by atoms with van der Waals surface area (Å²) in [6, 6.07) is 9.99. The van der Waals surface area contributed by atoms with E-state index >= 15 is 0 Å². The highest BCUT2D eigenvalue weighted by atomic mass is 19.1. The maximum absolute atomic E-state index is 13.0. The molecule has 1 atom stereocenters. The lowest BCUT2D eigenvalue weighted by Gasteiger charge is -2.18. The van der Waals surface area contributed by atoms with Crippen molar-refractivity contribution in [1.29, 1.82) is 0 Å². The van der Waals surface area contributed by atoms with Crippen molar-refractivity contribution in [3.8, 4) is 0 Å². The Labute approximate surface area is 129 Å². The summed E-state index contributed by atoms with van der Waals surface area (Å²) < 4.78 is 23.6. The molecule has 0 radical (unpaired) electrons. The van der Waals surface area contributed by atoms with Gasteiger partial charge in [-0.15, -0.1) is 0 Å². The second-order valence-corrected chi connectivity index (χ2v) is 4.66. The van der Waals surface area contributed by atoms with E-state index in [1.165, 1.54) is 12.1 Å². The average molecular weight is 305 g/mol. The Morgan fingerprint density at radius 1 is 1.27 bits per heavy atom. The normalized spacial score (nSPS) is 13.0. The lowest BCUT2D eigenvalue weighted by atomic mass is 10.1. The minimum Gasteiger partial charge on any atom is -0.467 e. The molecule has 0 aliphatic rings. The molecular formula is C16H20FN3O2. The SMILES string of the molecule is CN=C(NCc1ccco1)NCC(OC)c1ccc(F)cc1. The maximum Gasteiger partial charge on any atom is 0.191 e. The van der Waals surface area contributed by atoms with Crippen molar-refractivity contribution >= 4 is 5.96 Å². The number of halogens is 1. The topological polar surface area (TPSA) is 58.8 Å². The number of furan rings is 1. The second kappa shape index (κ2) is 8.19. The molecule has 0 saturated carbocycles. The standard InChI is InChI=1S/C16H20FN3O2/c1-18-16(19-10-14-4-3-9-22-14)20-11-15(21-2)12-5-7-13(17)8-6-12/h3-9,15H,10-11H2,1-2H3,(H2,18,19,20). The number of nitrogens with zero attached hydrogens (tertiary/aromatic N) is 1. The molecule has 0 bridgehead atoms. The number of benzene rings is 1. The number of guanidine groups is 1. The van der Waals surface area contributed by atoms with Crippen molar-refractivity contribution in [2.24, 2.45) is 4.99 Å². The van der Waals surface area contributed by atoms with Crippen LogP contribution < -0.4 is 10.6 Å². The van der Waals surface area contributed by atoms with Gasteiger partial charge in [-0.1, -0.05) is 12.1 Å². The molecular weight excluding hydrogens is 285 g/mol. The summed E-state index contributed by atoms with van der Waals surface area (Å²) in [5.41, 5.74) is 0.901. The average Bonchev–Trinajstić information content (AvgIpc) is 3.05. The van der Waals surface area contributed by atoms with Crippen LogP contribution in [0.4, 0.5) is 4.39 Å². The van der Waals surface area contributed by atoms with E-state index in [-0.39, 0.29) is 11.9 Å². The second-order valence-electron chi connectivity index (χ2n) is 4.66. The van der Waals surface area contributed by atoms with Crippen molar-refractivity contribution in [3.63, 3.8) is 0 Å². The van der Waals surface area contributed by atoms with E-state index in [0.29, 0.717) is 19.0 Å². The zero-order chi connectivity index (χ0) is 15.8. The van der Waals surface area contributed by atoms with Crippen molar-refractivity contribution < 1.29 is 13.5 Å². The van der Waals surface area contributed by atoms with Gasteiger partial charge in [-0.25, -0.2) is 4.39 Å². The molecule has 1 aromatic heterocycles. The number of hydrogen-bond acceptors (Lipinski definition) is 3. The summed E-state index contributed by atoms with van der Waals surface area (Å²) in [4.78, 5) is 4.14. The molecule has 0 aliphatic carbocycles. The first-order valence-electron chi connectivity index (χ1n) is 6.98. The van der Waals surface area contributed by atoms with Gasteiger partial charge >= 0.3 is 0 Å². The van der Waals surface area contributed by atoms with Crippen molar-refractivity contribution in [2.45, 2.75) is 12.6 Å². The number of rotatable bonds is 6. The van der Waals surface area contributed by atoms with Gasteiger partial charge in [0.1, 0.15) is 11.6 Å². The highest BCUT2D eigenvalue weighted by molar-refractivity contribution is 5.79. The molecule has 0 amide bonds. The van der Waals surface area contributed by atoms with Crippen molar-refractivity contribution in [3.05, 3.63) is 59.8 Å². The molecule has 2 rings (SSSR count). The van der Waals surface area contributed by atoms with Crippen LogP contribution in [-0.2, 0) is 11.3 Å². The van der Waals surface area contributed by atoms with Gasteiger partial charge in [0.2, 0.25) is 0 Å². The molecule has 2 N–H and O–H groups in total. The predicted molar refractivity (Wildman–Crippen MR) is 83.1 cm³/mol. The van der Waals surface area contributed by atoms with Gasteiger partial charge in [-0.3, -0.25) is 4.99 Å². The third kappa shape index (κ3) is 4.60. The Kier molecular flexibility index (Phi) is 5.97. The van der Waals surface area contributed by atoms with Gasteiger partial charge in [-0.05, 0) is 29.8 Å². The molecule has 6 heteroatoms. The monoisotopic (exact) mass is 305 g/mol. The molecule has 1 aromatic carbocycles. The Hall–Kier alpha value is -2.34. The van der Waals surface area contributed by atoms with Crippen molar-refractivity contribution in [1.82, 2.24) is 10.6 Å². The third-order valence-corrected chi connectivity index (χ3v) is 3.21. The van der Waals surface area contributed by atoms with E-state index in [1.54, 1.807) is 32.6 Å². The summed E-state index contributed by atoms with van der Waals surface area (Å²) >= 11 is 0. The van der Waals surface area contributed by atoms with Gasteiger partial charge in [0, 0.05) is 20.7 Å². The van der Waals surface area contributed by atoms with Crippen LogP contribution in [0.5, 0.6) is 0 Å². The van der Waals surface area contributed by atoms with E-state index in [9.17, 15) is 4.39 Å². The molecule has 118 valence electrons. The van der Waals surface area contributed by atoms with Gasteiger partial charge < -0.3 is 19.8 Å². The Morgan fingerprint density at radius 2 is 2.05 bits per heavy atom. The molecule has 0 aliphatic heterocycles. The summed E-state index contributed by atoms with van der Waals surface area (Å²) in [5, 5.41) is 6.32. The summed E-state index contributed by atoms with van der Waals surface area (Å²) in [6.07, 6.45) is 1.44. The molecule has 1 unspecified atom stereocenters. The van der Waals surface area contributed by atoms with Crippen LogP contribution in [0.25, 0.3) is 0 Å². The number of ether oxygens (including phenoxy) is 1. The highest BCUT2D eigenvalue weighted by Gasteiger charge is 2.11. The zero-order valence-electron chi connectivity index (χ0n) is 12.7. The first kappa shape index (κ1) is 16.0. The number of hydrogen-bond donors (Lipinski definition) is 2. The molecule has 5 nitrogen and oxygen atoms in total. The molecule has 2 aromatic rings. The molecule has 0 fully saturated rings. The van der Waals surface area contributed by atoms with E-state index in [0.717, 1.165) is 11.3 Å². The minimum atomic E-state index is -0.262. The number of methoxy groups -OCH3 is 1. The first-order valence-corrected chi connectivity index (χ1v) is 6.98. The highest BCUT2D eigenvalue weighted by Crippen LogP contribution is 2.16. The zero-order valence-corrected chi connectivity index (χ0v) is 12.7. The number of aliphatic imine (C=N–C) groups is 1. The minimum absolute atomic E-state index is 0.192. The molecule has 22 heavy (non-hydrogen) atoms. The van der Waals surface area contributed by atoms with Crippen LogP contribution in [0.3, 0.4) is 0 Å². The third-order valence-electron chi connectivity index (χ3n) is 3.21. The summed E-state index contributed by atoms with van der Waals surface area (Å²) in [7, 11) is 3.31. The van der Waals surface area contributed by atoms with Crippen LogP contribution in [0.2, 0.25) is 0 Å². The number of nitrogens with one attached hydrogen (secondary N) is 2. The largest absolute Gasteiger partial charge is 0.467 e. The van der Waals surface area contributed by atoms with E-state index in [1.807, 2.05) is 12.1 Å². The molecule has 1 heterocycles. The van der Waals surface area contributed by atoms with Gasteiger partial charge in [0.25, 0.3) is 0 Å². The van der Waals surface area contributed by atoms with Crippen molar-refractivity contribution in [2.75, 3.05) is 20.7 Å². The van der Waals surface area contributed by atoms with E-state index in [4.69, 9.17) is 9.15 Å². The van der Waals surface area contributed by atoms with Gasteiger partial charge in [0.05, 0.1) is 18.9 Å². The van der Waals surface area contributed by atoms with Gasteiger partial charge in [-0.2, -0.15) is 0 Å². The summed E-state index contributed by atoms with van der Waals surface area (Å²) in [6.45, 7) is 1.06. The van der Waals surface area contributed by atoms with Crippen LogP contribution >= 0.6 is 0 Å². The lowest BCUT2D eigenvalue weighted by Crippen LogP contribution is -2.39. The van der Waals surface area contributed by atoms with Crippen LogP contribution in [0.15, 0.2) is 52.1 Å². The predicted octanol–water partition coefficient (Wildman–Crippen LogP) is 2.47. The lowest BCUT2D eigenvalue weighted by molar-refractivity contribution is 0.106. The first-order chi connectivity index (χ1) is 10.7. The fourth-order valence-electron chi connectivity index (χ4n) is 2.01. The Morgan fingerprint density at radius 3 is 2.64 bits per heavy atom. The van der Waals surface area contributed by atoms with Crippen LogP contribution in [-0.4, -0.2) is 26.7 Å². The Bertz CT molecular complexity index is 582. The fourth-order valence-corrected chi connectivity index (χ4v) is 2.01. The van der Waals surface area contributed by atoms with Crippen LogP contribution in [0, 0.1) is 5.82 Å². The fraction of sp³-hybridized carbons (Fsp3) is 0.312. The molecule has 0 spiro atoms. The molecule has 0 saturated heterocycles. The van der Waals surface area contributed by atoms with Gasteiger partial charge in [0.15, 0.2) is 5.96 Å². The maximum atomic E-state index is 13.0. The van der Waals surface area contributed by atoms with E-state index < -0.39 is 0 Å². The smallest absolute Gasteiger partial charge is 0.191 e. The Balaban J connectivity index is 1.86. The van der Waals surface area contributed by atoms with Crippen LogP contribution in [0.1, 0.15) is 17.4 Å². The van der Waals surface area contributed by atoms with E-state index in [2.05, 4.69) is 15.6 Å². The quantitative estimate of drug-likeness (QED) is 0.636. The summed E-state index contributed by atoms with van der Waals surface area (Å²) in [5.74, 6) is 1.20.